The molecule has 1 aliphatic heterocycles. The van der Waals surface area contributed by atoms with Gasteiger partial charge in [-0.2, -0.15) is 0 Å². The number of thioether (sulfide) groups is 1. The summed E-state index contributed by atoms with van der Waals surface area (Å²) in [6.07, 6.45) is -1.06. The number of hydrogen-bond acceptors (Lipinski definition) is 11. The summed E-state index contributed by atoms with van der Waals surface area (Å²) in [6.45, 7) is -0.344. The number of carbonyl (C=O) groups is 5. The molecule has 266 valence electrons. The van der Waals surface area contributed by atoms with E-state index in [1.165, 1.54) is 30.3 Å². The first-order valence-electron chi connectivity index (χ1n) is 15.6. The van der Waals surface area contributed by atoms with E-state index in [0.29, 0.717) is 28.5 Å². The van der Waals surface area contributed by atoms with Crippen molar-refractivity contribution in [3.63, 3.8) is 0 Å². The number of rotatable bonds is 15. The average molecular weight is 789 g/mol. The van der Waals surface area contributed by atoms with Crippen LogP contribution in [0.15, 0.2) is 121 Å². The van der Waals surface area contributed by atoms with Crippen LogP contribution in [0.25, 0.3) is 0 Å². The standard InChI is InChI=1S/C37H30BrN3O10S/c38-20-29(43)32(37(47)50-21-23-15-17-27(18-16-23)41(48)49)40-34(45)31(35(40)52-22-42)39-30(44)19-26-13-7-8-14-28(26)36(46)51-33(24-9-3-1-4-10-24)25-11-5-2-6-12-25/h1-18,22,31,33,35,43H,19-21H2,(H,39,44)/b32-29+. The Labute approximate surface area is 309 Å². The van der Waals surface area contributed by atoms with Gasteiger partial charge in [-0.3, -0.25) is 29.4 Å². The van der Waals surface area contributed by atoms with Crippen molar-refractivity contribution in [1.82, 2.24) is 10.2 Å². The van der Waals surface area contributed by atoms with E-state index in [9.17, 15) is 39.2 Å². The van der Waals surface area contributed by atoms with Gasteiger partial charge in [-0.15, -0.1) is 0 Å². The number of aliphatic hydroxyl groups is 1. The number of nitrogens with zero attached hydrogens (tertiary/aromatic N) is 2. The van der Waals surface area contributed by atoms with Crippen molar-refractivity contribution in [2.75, 3.05) is 5.33 Å². The number of nitro groups is 1. The van der Waals surface area contributed by atoms with E-state index < -0.39 is 57.7 Å². The Balaban J connectivity index is 1.28. The molecule has 1 heterocycles. The Bertz CT molecular complexity index is 1950. The van der Waals surface area contributed by atoms with Gasteiger partial charge in [0.25, 0.3) is 11.6 Å². The number of allylic oxidation sites excluding steroid dienone is 1. The zero-order valence-electron chi connectivity index (χ0n) is 27.1. The van der Waals surface area contributed by atoms with Crippen molar-refractivity contribution in [1.29, 1.82) is 0 Å². The van der Waals surface area contributed by atoms with Crippen molar-refractivity contribution in [3.05, 3.63) is 159 Å². The van der Waals surface area contributed by atoms with Crippen LogP contribution >= 0.6 is 27.7 Å². The molecule has 2 amide bonds. The quantitative estimate of drug-likeness (QED) is 0.0225. The molecule has 0 bridgehead atoms. The van der Waals surface area contributed by atoms with Crippen molar-refractivity contribution in [2.24, 2.45) is 0 Å². The van der Waals surface area contributed by atoms with Crippen LogP contribution in [0, 0.1) is 10.1 Å². The normalized spacial score (nSPS) is 15.6. The van der Waals surface area contributed by atoms with Gasteiger partial charge in [0.2, 0.25) is 5.91 Å². The average Bonchev–Trinajstić information content (AvgIpc) is 3.17. The molecule has 0 aliphatic carbocycles. The van der Waals surface area contributed by atoms with Gasteiger partial charge in [0.05, 0.1) is 22.2 Å². The molecular formula is C37H30BrN3O10S. The number of ether oxygens (including phenoxy) is 2. The van der Waals surface area contributed by atoms with Crippen molar-refractivity contribution in [2.45, 2.75) is 30.5 Å². The third-order valence-corrected chi connectivity index (χ3v) is 9.33. The zero-order valence-corrected chi connectivity index (χ0v) is 29.5. The number of carbonyl (C=O) groups excluding carboxylic acids is 5. The minimum absolute atomic E-state index is 0.137. The second-order valence-corrected chi connectivity index (χ2v) is 12.8. The number of aliphatic hydroxyl groups excluding tert-OH is 1. The first-order chi connectivity index (χ1) is 25.1. The first-order valence-corrected chi connectivity index (χ1v) is 17.7. The molecule has 0 saturated carbocycles. The highest BCUT2D eigenvalue weighted by atomic mass is 79.9. The first kappa shape index (κ1) is 37.5. The molecular weight excluding hydrogens is 758 g/mol. The fourth-order valence-electron chi connectivity index (χ4n) is 5.41. The van der Waals surface area contributed by atoms with Crippen molar-refractivity contribution >= 4 is 62.8 Å². The maximum atomic E-state index is 13.6. The maximum Gasteiger partial charge on any atom is 0.358 e. The number of likely N-dealkylation sites (tertiary alicyclic amines) is 1. The number of hydrogen-bond donors (Lipinski definition) is 2. The molecule has 15 heteroatoms. The number of halogens is 1. The van der Waals surface area contributed by atoms with E-state index in [4.69, 9.17) is 9.47 Å². The number of non-ortho nitro benzene ring substituents is 1. The molecule has 2 atom stereocenters. The minimum atomic E-state index is -1.28. The summed E-state index contributed by atoms with van der Waals surface area (Å²) in [7, 11) is 0. The molecule has 0 radical (unpaired) electrons. The number of nitrogens with one attached hydrogen (secondary N) is 1. The Hall–Kier alpha value is -5.80. The number of esters is 2. The molecule has 2 N–H and O–H groups in total. The summed E-state index contributed by atoms with van der Waals surface area (Å²) >= 11 is 3.65. The van der Waals surface area contributed by atoms with Crippen molar-refractivity contribution < 1.29 is 43.5 Å². The molecule has 13 nitrogen and oxygen atoms in total. The third-order valence-electron chi connectivity index (χ3n) is 7.92. The van der Waals surface area contributed by atoms with Gasteiger partial charge in [-0.25, -0.2) is 9.59 Å². The summed E-state index contributed by atoms with van der Waals surface area (Å²) in [4.78, 5) is 76.3. The van der Waals surface area contributed by atoms with E-state index in [1.807, 2.05) is 60.7 Å². The second kappa shape index (κ2) is 17.4. The van der Waals surface area contributed by atoms with Crippen LogP contribution in [0.4, 0.5) is 5.69 Å². The smallest absolute Gasteiger partial charge is 0.358 e. The number of β-lactam (4-membered cyclic amide) rings is 1. The monoisotopic (exact) mass is 787 g/mol. The summed E-state index contributed by atoms with van der Waals surface area (Å²) in [5.41, 5.74) is 2.07. The fraction of sp³-hybridized carbons (Fsp3) is 0.162. The van der Waals surface area contributed by atoms with Gasteiger partial charge < -0.3 is 19.9 Å². The van der Waals surface area contributed by atoms with Gasteiger partial charge >= 0.3 is 11.9 Å². The Morgan fingerprint density at radius 3 is 2.12 bits per heavy atom. The lowest BCUT2D eigenvalue weighted by atomic mass is 10.00. The minimum Gasteiger partial charge on any atom is -0.509 e. The van der Waals surface area contributed by atoms with Crippen LogP contribution in [0.2, 0.25) is 0 Å². The number of nitro benzene ring substituents is 1. The van der Waals surface area contributed by atoms with Gasteiger partial charge in [-0.05, 0) is 40.5 Å². The van der Waals surface area contributed by atoms with Crippen LogP contribution in [-0.2, 0) is 41.7 Å². The summed E-state index contributed by atoms with van der Waals surface area (Å²) in [5.74, 6) is -3.81. The molecule has 0 spiro atoms. The molecule has 0 aromatic heterocycles. The lowest BCUT2D eigenvalue weighted by molar-refractivity contribution is -0.384. The highest BCUT2D eigenvalue weighted by Gasteiger charge is 2.53. The van der Waals surface area contributed by atoms with E-state index in [-0.39, 0.29) is 29.6 Å². The largest absolute Gasteiger partial charge is 0.509 e. The van der Waals surface area contributed by atoms with Crippen LogP contribution in [0.5, 0.6) is 0 Å². The molecule has 5 rings (SSSR count). The maximum absolute atomic E-state index is 13.6. The lowest BCUT2D eigenvalue weighted by Crippen LogP contribution is -2.69. The summed E-state index contributed by atoms with van der Waals surface area (Å²) in [5, 5.41) is 22.7. The highest BCUT2D eigenvalue weighted by molar-refractivity contribution is 9.09. The van der Waals surface area contributed by atoms with Crippen molar-refractivity contribution in [3.8, 4) is 0 Å². The topological polar surface area (TPSA) is 182 Å². The zero-order chi connectivity index (χ0) is 37.2. The number of alkyl halides is 1. The van der Waals surface area contributed by atoms with Crippen LogP contribution in [0.3, 0.4) is 0 Å². The van der Waals surface area contributed by atoms with E-state index in [0.717, 1.165) is 16.0 Å². The fourth-order valence-corrected chi connectivity index (χ4v) is 6.46. The lowest BCUT2D eigenvalue weighted by Gasteiger charge is -2.45. The van der Waals surface area contributed by atoms with Gasteiger partial charge in [0, 0.05) is 12.1 Å². The summed E-state index contributed by atoms with van der Waals surface area (Å²) < 4.78 is 11.3. The predicted octanol–water partition coefficient (Wildman–Crippen LogP) is 5.57. The van der Waals surface area contributed by atoms with E-state index >= 15 is 0 Å². The Morgan fingerprint density at radius 2 is 1.54 bits per heavy atom. The Kier molecular flexibility index (Phi) is 12.5. The second-order valence-electron chi connectivity index (χ2n) is 11.2. The molecule has 4 aromatic carbocycles. The van der Waals surface area contributed by atoms with Gasteiger partial charge in [0.15, 0.2) is 17.4 Å². The highest BCUT2D eigenvalue weighted by Crippen LogP contribution is 2.35. The summed E-state index contributed by atoms with van der Waals surface area (Å²) in [6, 6.07) is 28.7. The van der Waals surface area contributed by atoms with Crippen LogP contribution in [0.1, 0.15) is 38.7 Å². The number of benzene rings is 4. The molecule has 4 aromatic rings. The molecule has 1 fully saturated rings. The molecule has 1 saturated heterocycles. The number of amides is 2. The SMILES string of the molecule is O=CSC1C(NC(=O)Cc2ccccc2C(=O)OC(c2ccccc2)c2ccccc2)C(=O)N1/C(C(=O)OCc1ccc([N+](=O)[O-])cc1)=C(/O)CBr. The van der Waals surface area contributed by atoms with Gasteiger partial charge in [0.1, 0.15) is 23.8 Å². The Morgan fingerprint density at radius 1 is 0.942 bits per heavy atom. The predicted molar refractivity (Wildman–Crippen MR) is 194 cm³/mol. The molecule has 52 heavy (non-hydrogen) atoms. The van der Waals surface area contributed by atoms with E-state index in [2.05, 4.69) is 21.2 Å². The van der Waals surface area contributed by atoms with Gasteiger partial charge in [-0.1, -0.05) is 107 Å². The van der Waals surface area contributed by atoms with E-state index in [1.54, 1.807) is 18.2 Å². The molecule has 1 aliphatic rings. The molecule has 2 unspecified atom stereocenters. The third kappa shape index (κ3) is 8.73. The van der Waals surface area contributed by atoms with Crippen LogP contribution in [-0.4, -0.2) is 61.0 Å². The van der Waals surface area contributed by atoms with Crippen LogP contribution < -0.4 is 5.32 Å².